The van der Waals surface area contributed by atoms with Crippen LogP contribution in [-0.2, 0) is 4.74 Å². The van der Waals surface area contributed by atoms with Crippen molar-refractivity contribution in [2.45, 2.75) is 6.92 Å². The molecule has 4 rings (SSSR count). The normalized spacial score (nSPS) is 11.0. The van der Waals surface area contributed by atoms with E-state index < -0.39 is 5.97 Å². The average molecular weight is 449 g/mol. The molecular weight excluding hydrogens is 430 g/mol. The molecule has 4 aromatic rings. The van der Waals surface area contributed by atoms with Crippen LogP contribution in [0.2, 0.25) is 0 Å². The molecule has 0 spiro atoms. The van der Waals surface area contributed by atoms with Crippen LogP contribution in [0.5, 0.6) is 0 Å². The Balaban J connectivity index is 1.75. The quantitative estimate of drug-likeness (QED) is 0.329. The number of para-hydroxylation sites is 1. The lowest BCUT2D eigenvalue weighted by molar-refractivity contribution is 0.0526. The van der Waals surface area contributed by atoms with E-state index in [2.05, 4.69) is 11.2 Å². The zero-order chi connectivity index (χ0) is 24.1. The fourth-order valence-electron chi connectivity index (χ4n) is 3.45. The van der Waals surface area contributed by atoms with Gasteiger partial charge in [-0.2, -0.15) is 10.5 Å². The first-order valence-electron chi connectivity index (χ1n) is 10.4. The molecular formula is C26H19N5O3. The fraction of sp³-hybridized carbons (Fsp3) is 0.0769. The number of rotatable bonds is 6. The molecule has 0 atom stereocenters. The lowest BCUT2D eigenvalue weighted by atomic mass is 10.1. The van der Waals surface area contributed by atoms with E-state index in [1.54, 1.807) is 55.5 Å². The van der Waals surface area contributed by atoms with Gasteiger partial charge >= 0.3 is 5.97 Å². The maximum Gasteiger partial charge on any atom is 0.338 e. The van der Waals surface area contributed by atoms with Crippen molar-refractivity contribution < 1.29 is 13.9 Å². The molecule has 2 N–H and O–H groups in total. The van der Waals surface area contributed by atoms with Crippen molar-refractivity contribution in [1.29, 1.82) is 10.5 Å². The van der Waals surface area contributed by atoms with E-state index in [1.165, 1.54) is 10.8 Å². The topological polar surface area (TPSA) is 131 Å². The molecule has 8 heteroatoms. The van der Waals surface area contributed by atoms with Crippen LogP contribution in [0.1, 0.15) is 34.3 Å². The Morgan fingerprint density at radius 2 is 1.94 bits per heavy atom. The number of esters is 1. The number of nitrogen functional groups attached to an aromatic ring is 1. The van der Waals surface area contributed by atoms with Gasteiger partial charge in [-0.1, -0.05) is 30.3 Å². The standard InChI is InChI=1S/C26H19N5O3/c1-2-33-26(32)18-8-6-7-17(13-18)23-12-11-21(34-23)14-19(15-27)24-22(16-28)25(29)30-31(24)20-9-4-3-5-10-20/h3-14H,2H2,1H3,(H2,29,30). The largest absolute Gasteiger partial charge is 0.462 e. The predicted octanol–water partition coefficient (Wildman–Crippen LogP) is 4.83. The number of carbonyl (C=O) groups is 1. The Hall–Kier alpha value is -5.08. The SMILES string of the molecule is CCOC(=O)c1cccc(-c2ccc(C=C(C#N)c3c(C#N)c(N)nn3-c3ccccc3)o2)c1. The molecule has 2 aromatic carbocycles. The molecule has 0 bridgehead atoms. The van der Waals surface area contributed by atoms with Crippen molar-refractivity contribution >= 4 is 23.4 Å². The van der Waals surface area contributed by atoms with Crippen LogP contribution >= 0.6 is 0 Å². The van der Waals surface area contributed by atoms with Crippen LogP contribution in [0.25, 0.3) is 28.7 Å². The first kappa shape index (κ1) is 22.1. The molecule has 34 heavy (non-hydrogen) atoms. The van der Waals surface area contributed by atoms with Crippen molar-refractivity contribution in [1.82, 2.24) is 9.78 Å². The number of carbonyl (C=O) groups excluding carboxylic acids is 1. The van der Waals surface area contributed by atoms with E-state index in [0.717, 1.165) is 0 Å². The van der Waals surface area contributed by atoms with Crippen molar-refractivity contribution in [3.8, 4) is 29.1 Å². The number of furan rings is 1. The summed E-state index contributed by atoms with van der Waals surface area (Å²) in [5, 5.41) is 23.8. The van der Waals surface area contributed by atoms with Gasteiger partial charge in [-0.3, -0.25) is 0 Å². The number of anilines is 1. The van der Waals surface area contributed by atoms with Crippen LogP contribution in [0.4, 0.5) is 5.82 Å². The van der Waals surface area contributed by atoms with Gasteiger partial charge in [0, 0.05) is 11.6 Å². The van der Waals surface area contributed by atoms with E-state index >= 15 is 0 Å². The molecule has 0 amide bonds. The number of nitrogens with zero attached hydrogens (tertiary/aromatic N) is 4. The summed E-state index contributed by atoms with van der Waals surface area (Å²) in [6.07, 6.45) is 1.52. The molecule has 2 heterocycles. The minimum Gasteiger partial charge on any atom is -0.462 e. The lowest BCUT2D eigenvalue weighted by Gasteiger charge is -2.06. The molecule has 0 unspecified atom stereocenters. The van der Waals surface area contributed by atoms with Crippen LogP contribution < -0.4 is 5.73 Å². The van der Waals surface area contributed by atoms with E-state index in [1.807, 2.05) is 24.3 Å². The van der Waals surface area contributed by atoms with Gasteiger partial charge in [0.15, 0.2) is 5.82 Å². The summed E-state index contributed by atoms with van der Waals surface area (Å²) in [5.41, 5.74) is 8.24. The summed E-state index contributed by atoms with van der Waals surface area (Å²) in [6, 6.07) is 23.6. The Morgan fingerprint density at radius 3 is 2.65 bits per heavy atom. The molecule has 0 saturated heterocycles. The average Bonchev–Trinajstić information content (AvgIpc) is 3.47. The van der Waals surface area contributed by atoms with Gasteiger partial charge in [-0.25, -0.2) is 9.48 Å². The maximum atomic E-state index is 12.0. The maximum absolute atomic E-state index is 12.0. The van der Waals surface area contributed by atoms with Crippen molar-refractivity contribution in [3.63, 3.8) is 0 Å². The third kappa shape index (κ3) is 4.29. The van der Waals surface area contributed by atoms with Gasteiger partial charge in [0.05, 0.1) is 23.4 Å². The van der Waals surface area contributed by atoms with Crippen LogP contribution in [0.3, 0.4) is 0 Å². The minimum absolute atomic E-state index is 0.0263. The molecule has 0 fully saturated rings. The molecule has 0 radical (unpaired) electrons. The van der Waals surface area contributed by atoms with Crippen LogP contribution in [0.15, 0.2) is 71.1 Å². The summed E-state index contributed by atoms with van der Waals surface area (Å²) in [7, 11) is 0. The fourth-order valence-corrected chi connectivity index (χ4v) is 3.45. The van der Waals surface area contributed by atoms with Gasteiger partial charge in [-0.15, -0.1) is 5.10 Å². The lowest BCUT2D eigenvalue weighted by Crippen LogP contribution is -2.04. The zero-order valence-corrected chi connectivity index (χ0v) is 18.2. The zero-order valence-electron chi connectivity index (χ0n) is 18.2. The predicted molar refractivity (Wildman–Crippen MR) is 126 cm³/mol. The Kier molecular flexibility index (Phi) is 6.24. The summed E-state index contributed by atoms with van der Waals surface area (Å²) >= 11 is 0. The summed E-state index contributed by atoms with van der Waals surface area (Å²) in [4.78, 5) is 12.0. The van der Waals surface area contributed by atoms with Crippen molar-refractivity contribution in [3.05, 3.63) is 89.3 Å². The minimum atomic E-state index is -0.418. The second-order valence-electron chi connectivity index (χ2n) is 7.14. The molecule has 0 aliphatic carbocycles. The number of hydrogen-bond acceptors (Lipinski definition) is 7. The second kappa shape index (κ2) is 9.60. The highest BCUT2D eigenvalue weighted by molar-refractivity contribution is 5.92. The highest BCUT2D eigenvalue weighted by Gasteiger charge is 2.21. The van der Waals surface area contributed by atoms with Crippen molar-refractivity contribution in [2.24, 2.45) is 0 Å². The molecule has 8 nitrogen and oxygen atoms in total. The third-order valence-corrected chi connectivity index (χ3v) is 4.97. The van der Waals surface area contributed by atoms with Crippen LogP contribution in [0, 0.1) is 22.7 Å². The van der Waals surface area contributed by atoms with E-state index in [0.29, 0.717) is 28.3 Å². The first-order valence-corrected chi connectivity index (χ1v) is 10.4. The number of nitriles is 2. The summed E-state index contributed by atoms with van der Waals surface area (Å²) in [5.74, 6) is 0.500. The third-order valence-electron chi connectivity index (χ3n) is 4.97. The van der Waals surface area contributed by atoms with Crippen LogP contribution in [-0.4, -0.2) is 22.4 Å². The second-order valence-corrected chi connectivity index (χ2v) is 7.14. The van der Waals surface area contributed by atoms with Gasteiger partial charge in [0.2, 0.25) is 0 Å². The monoisotopic (exact) mass is 449 g/mol. The number of ether oxygens (including phenoxy) is 1. The van der Waals surface area contributed by atoms with Gasteiger partial charge < -0.3 is 14.9 Å². The van der Waals surface area contributed by atoms with Crippen molar-refractivity contribution in [2.75, 3.05) is 12.3 Å². The Morgan fingerprint density at radius 1 is 1.15 bits per heavy atom. The number of hydrogen-bond donors (Lipinski definition) is 1. The summed E-state index contributed by atoms with van der Waals surface area (Å²) in [6.45, 7) is 2.03. The Labute approximate surface area is 195 Å². The van der Waals surface area contributed by atoms with E-state index in [-0.39, 0.29) is 29.3 Å². The van der Waals surface area contributed by atoms with Gasteiger partial charge in [0.25, 0.3) is 0 Å². The number of benzene rings is 2. The number of allylic oxidation sites excluding steroid dienone is 1. The number of nitrogens with two attached hydrogens (primary N) is 1. The molecule has 0 aliphatic rings. The Bertz CT molecular complexity index is 1470. The van der Waals surface area contributed by atoms with E-state index in [9.17, 15) is 15.3 Å². The highest BCUT2D eigenvalue weighted by Crippen LogP contribution is 2.30. The van der Waals surface area contributed by atoms with Gasteiger partial charge in [-0.05, 0) is 43.3 Å². The first-order chi connectivity index (χ1) is 16.5. The van der Waals surface area contributed by atoms with E-state index in [4.69, 9.17) is 14.9 Å². The van der Waals surface area contributed by atoms with Gasteiger partial charge in [0.1, 0.15) is 34.9 Å². The number of aromatic nitrogens is 2. The molecule has 2 aromatic heterocycles. The molecule has 166 valence electrons. The smallest absolute Gasteiger partial charge is 0.338 e. The molecule has 0 aliphatic heterocycles. The summed E-state index contributed by atoms with van der Waals surface area (Å²) < 4.78 is 12.4. The molecule has 0 saturated carbocycles. The highest BCUT2D eigenvalue weighted by atomic mass is 16.5.